The van der Waals surface area contributed by atoms with Crippen molar-refractivity contribution in [2.24, 2.45) is 0 Å². The Morgan fingerprint density at radius 2 is 2.04 bits per heavy atom. The lowest BCUT2D eigenvalue weighted by Gasteiger charge is -2.04. The number of amides is 1. The van der Waals surface area contributed by atoms with Gasteiger partial charge in [-0.3, -0.25) is 9.59 Å². The van der Waals surface area contributed by atoms with Crippen molar-refractivity contribution in [2.75, 3.05) is 13.2 Å². The highest BCUT2D eigenvalue weighted by Crippen LogP contribution is 2.11. The lowest BCUT2D eigenvalue weighted by molar-refractivity contribution is -0.143. The first-order valence-electron chi connectivity index (χ1n) is 7.44. The monoisotopic (exact) mass is 317 g/mol. The second-order valence-electron chi connectivity index (χ2n) is 4.77. The van der Waals surface area contributed by atoms with Gasteiger partial charge in [0.25, 0.3) is 0 Å². The van der Waals surface area contributed by atoms with Gasteiger partial charge in [0.1, 0.15) is 6.54 Å². The Morgan fingerprint density at radius 3 is 2.78 bits per heavy atom. The smallest absolute Gasteiger partial charge is 0.305 e. The van der Waals surface area contributed by atoms with Crippen LogP contribution >= 0.6 is 0 Å². The van der Waals surface area contributed by atoms with Crippen molar-refractivity contribution in [3.05, 3.63) is 30.3 Å². The summed E-state index contributed by atoms with van der Waals surface area (Å²) in [5.74, 6) is -0.0150. The third-order valence-corrected chi connectivity index (χ3v) is 2.96. The van der Waals surface area contributed by atoms with Gasteiger partial charge in [-0.2, -0.15) is 4.80 Å². The number of hydrogen-bond acceptors (Lipinski definition) is 6. The molecule has 0 aliphatic heterocycles. The highest BCUT2D eigenvalue weighted by Gasteiger charge is 2.09. The number of tetrazole rings is 1. The summed E-state index contributed by atoms with van der Waals surface area (Å²) >= 11 is 0. The van der Waals surface area contributed by atoms with Crippen LogP contribution in [0.25, 0.3) is 11.4 Å². The predicted molar refractivity (Wildman–Crippen MR) is 82.1 cm³/mol. The highest BCUT2D eigenvalue weighted by atomic mass is 16.5. The van der Waals surface area contributed by atoms with Crippen LogP contribution in [0.1, 0.15) is 19.8 Å². The standard InChI is InChI=1S/C15H19N5O3/c1-2-23-14(22)9-6-10-16-13(21)11-20-18-15(17-19-20)12-7-4-3-5-8-12/h3-5,7-8H,2,6,9-11H2,1H3,(H,16,21). The molecule has 0 fully saturated rings. The summed E-state index contributed by atoms with van der Waals surface area (Å²) in [5.41, 5.74) is 0.841. The number of nitrogens with zero attached hydrogens (tertiary/aromatic N) is 4. The average Bonchev–Trinajstić information content (AvgIpc) is 3.01. The van der Waals surface area contributed by atoms with Gasteiger partial charge in [0.2, 0.25) is 11.7 Å². The van der Waals surface area contributed by atoms with Crippen molar-refractivity contribution in [2.45, 2.75) is 26.3 Å². The van der Waals surface area contributed by atoms with Crippen LogP contribution in [0.15, 0.2) is 30.3 Å². The fourth-order valence-corrected chi connectivity index (χ4v) is 1.89. The van der Waals surface area contributed by atoms with Crippen LogP contribution in [0.5, 0.6) is 0 Å². The number of hydrogen-bond donors (Lipinski definition) is 1. The molecule has 0 saturated carbocycles. The number of carbonyl (C=O) groups excluding carboxylic acids is 2. The van der Waals surface area contributed by atoms with Gasteiger partial charge in [0.05, 0.1) is 6.61 Å². The molecule has 1 N–H and O–H groups in total. The first kappa shape index (κ1) is 16.6. The molecule has 0 bridgehead atoms. The van der Waals surface area contributed by atoms with Crippen LogP contribution in [0.2, 0.25) is 0 Å². The molecule has 1 amide bonds. The van der Waals surface area contributed by atoms with Crippen LogP contribution in [0.4, 0.5) is 0 Å². The van der Waals surface area contributed by atoms with Crippen molar-refractivity contribution in [1.29, 1.82) is 0 Å². The zero-order chi connectivity index (χ0) is 16.5. The van der Waals surface area contributed by atoms with Gasteiger partial charge in [-0.05, 0) is 18.6 Å². The highest BCUT2D eigenvalue weighted by molar-refractivity contribution is 5.75. The van der Waals surface area contributed by atoms with E-state index >= 15 is 0 Å². The Morgan fingerprint density at radius 1 is 1.26 bits per heavy atom. The third-order valence-electron chi connectivity index (χ3n) is 2.96. The summed E-state index contributed by atoms with van der Waals surface area (Å²) < 4.78 is 4.81. The Labute approximate surface area is 133 Å². The number of benzene rings is 1. The van der Waals surface area contributed by atoms with E-state index in [4.69, 9.17) is 4.74 Å². The Kier molecular flexibility index (Phi) is 6.22. The van der Waals surface area contributed by atoms with Crippen molar-refractivity contribution >= 4 is 11.9 Å². The van der Waals surface area contributed by atoms with Crippen molar-refractivity contribution in [1.82, 2.24) is 25.5 Å². The SMILES string of the molecule is CCOC(=O)CCCNC(=O)Cn1nnc(-c2ccccc2)n1. The molecule has 1 heterocycles. The molecular weight excluding hydrogens is 298 g/mol. The molecule has 1 aromatic heterocycles. The molecular formula is C15H19N5O3. The van der Waals surface area contributed by atoms with Gasteiger partial charge in [-0.25, -0.2) is 0 Å². The van der Waals surface area contributed by atoms with Gasteiger partial charge < -0.3 is 10.1 Å². The topological polar surface area (TPSA) is 99.0 Å². The lowest BCUT2D eigenvalue weighted by Crippen LogP contribution is -2.29. The molecule has 0 saturated heterocycles. The number of esters is 1. The zero-order valence-electron chi connectivity index (χ0n) is 12.9. The maximum atomic E-state index is 11.8. The molecule has 0 unspecified atom stereocenters. The second-order valence-corrected chi connectivity index (χ2v) is 4.77. The normalized spacial score (nSPS) is 10.3. The molecule has 2 aromatic rings. The maximum Gasteiger partial charge on any atom is 0.305 e. The fraction of sp³-hybridized carbons (Fsp3) is 0.400. The summed E-state index contributed by atoms with van der Waals surface area (Å²) in [6, 6.07) is 9.41. The molecule has 2 rings (SSSR count). The number of rotatable bonds is 8. The zero-order valence-corrected chi connectivity index (χ0v) is 12.9. The number of carbonyl (C=O) groups is 2. The summed E-state index contributed by atoms with van der Waals surface area (Å²) in [6.45, 7) is 2.51. The molecule has 8 heteroatoms. The molecule has 0 atom stereocenters. The van der Waals surface area contributed by atoms with Gasteiger partial charge in [-0.15, -0.1) is 10.2 Å². The van der Waals surface area contributed by atoms with Crippen LogP contribution in [0, 0.1) is 0 Å². The molecule has 122 valence electrons. The molecule has 0 radical (unpaired) electrons. The molecule has 1 aromatic carbocycles. The fourth-order valence-electron chi connectivity index (χ4n) is 1.89. The van der Waals surface area contributed by atoms with Crippen molar-refractivity contribution in [3.8, 4) is 11.4 Å². The van der Waals surface area contributed by atoms with E-state index in [0.717, 1.165) is 5.56 Å². The summed E-state index contributed by atoms with van der Waals surface area (Å²) in [5, 5.41) is 14.6. The van der Waals surface area contributed by atoms with E-state index in [1.807, 2.05) is 30.3 Å². The van der Waals surface area contributed by atoms with Crippen molar-refractivity contribution in [3.63, 3.8) is 0 Å². The molecule has 0 spiro atoms. The van der Waals surface area contributed by atoms with Crippen LogP contribution in [-0.4, -0.2) is 45.2 Å². The molecule has 8 nitrogen and oxygen atoms in total. The number of ether oxygens (including phenoxy) is 1. The molecule has 23 heavy (non-hydrogen) atoms. The van der Waals surface area contributed by atoms with Gasteiger partial charge in [-0.1, -0.05) is 30.3 Å². The van der Waals surface area contributed by atoms with Gasteiger partial charge in [0, 0.05) is 18.5 Å². The van der Waals surface area contributed by atoms with Crippen LogP contribution < -0.4 is 5.32 Å². The van der Waals surface area contributed by atoms with Gasteiger partial charge >= 0.3 is 5.97 Å². The van der Waals surface area contributed by atoms with Gasteiger partial charge in [0.15, 0.2) is 0 Å². The van der Waals surface area contributed by atoms with Crippen LogP contribution in [-0.2, 0) is 20.9 Å². The van der Waals surface area contributed by atoms with E-state index in [9.17, 15) is 9.59 Å². The van der Waals surface area contributed by atoms with E-state index in [1.54, 1.807) is 6.92 Å². The predicted octanol–water partition coefficient (Wildman–Crippen LogP) is 0.800. The Balaban J connectivity index is 1.74. The van der Waals surface area contributed by atoms with E-state index in [2.05, 4.69) is 20.7 Å². The largest absolute Gasteiger partial charge is 0.466 e. The van der Waals surface area contributed by atoms with E-state index < -0.39 is 0 Å². The number of aromatic nitrogens is 4. The molecule has 0 aliphatic rings. The van der Waals surface area contributed by atoms with E-state index in [-0.39, 0.29) is 24.8 Å². The van der Waals surface area contributed by atoms with E-state index in [0.29, 0.717) is 25.4 Å². The summed E-state index contributed by atoms with van der Waals surface area (Å²) in [7, 11) is 0. The first-order valence-corrected chi connectivity index (χ1v) is 7.44. The number of nitrogens with one attached hydrogen (secondary N) is 1. The van der Waals surface area contributed by atoms with Crippen LogP contribution in [0.3, 0.4) is 0 Å². The lowest BCUT2D eigenvalue weighted by atomic mass is 10.2. The summed E-state index contributed by atoms with van der Waals surface area (Å²) in [4.78, 5) is 24.2. The maximum absolute atomic E-state index is 11.8. The average molecular weight is 317 g/mol. The minimum atomic E-state index is -0.257. The Hall–Kier alpha value is -2.77. The van der Waals surface area contributed by atoms with E-state index in [1.165, 1.54) is 4.80 Å². The second kappa shape index (κ2) is 8.62. The molecule has 0 aliphatic carbocycles. The minimum absolute atomic E-state index is 0.0146. The first-order chi connectivity index (χ1) is 11.2. The van der Waals surface area contributed by atoms with Crippen molar-refractivity contribution < 1.29 is 14.3 Å². The Bertz CT molecular complexity index is 642. The third kappa shape index (κ3) is 5.50. The minimum Gasteiger partial charge on any atom is -0.466 e. The quantitative estimate of drug-likeness (QED) is 0.571. The summed E-state index contributed by atoms with van der Waals surface area (Å²) in [6.07, 6.45) is 0.818.